The van der Waals surface area contributed by atoms with Crippen LogP contribution in [0.4, 0.5) is 0 Å². The Hall–Kier alpha value is -0.900. The molecule has 0 fully saturated rings. The summed E-state index contributed by atoms with van der Waals surface area (Å²) in [4.78, 5) is 0. The average Bonchev–Trinajstić information content (AvgIpc) is 2.54. The lowest BCUT2D eigenvalue weighted by Crippen LogP contribution is -2.16. The van der Waals surface area contributed by atoms with Crippen LogP contribution in [0.2, 0.25) is 0 Å². The zero-order valence-electron chi connectivity index (χ0n) is 8.40. The fraction of sp³-hybridized carbons (Fsp3) is 0.778. The molecule has 0 aliphatic carbocycles. The zero-order valence-corrected chi connectivity index (χ0v) is 8.40. The van der Waals surface area contributed by atoms with Crippen LogP contribution >= 0.6 is 0 Å². The molecule has 1 atom stereocenters. The largest absolute Gasteiger partial charge is 0.321 e. The lowest BCUT2D eigenvalue weighted by molar-refractivity contribution is 0.544. The number of rotatable bonds is 5. The van der Waals surface area contributed by atoms with Gasteiger partial charge in [-0.15, -0.1) is 10.2 Å². The van der Waals surface area contributed by atoms with E-state index in [9.17, 15) is 0 Å². The molecule has 0 spiro atoms. The number of nitrogens with zero attached hydrogens (tertiary/aromatic N) is 3. The topological polar surface area (TPSA) is 56.7 Å². The first-order chi connectivity index (χ1) is 6.29. The van der Waals surface area contributed by atoms with Crippen LogP contribution in [0.25, 0.3) is 0 Å². The summed E-state index contributed by atoms with van der Waals surface area (Å²) in [6.07, 6.45) is 4.90. The molecular formula is C9H18N4. The van der Waals surface area contributed by atoms with Gasteiger partial charge in [0.2, 0.25) is 0 Å². The van der Waals surface area contributed by atoms with Crippen molar-refractivity contribution < 1.29 is 0 Å². The number of aromatic nitrogens is 3. The van der Waals surface area contributed by atoms with Gasteiger partial charge in [0.05, 0.1) is 6.04 Å². The van der Waals surface area contributed by atoms with Crippen LogP contribution in [-0.4, -0.2) is 14.8 Å². The summed E-state index contributed by atoms with van der Waals surface area (Å²) in [6.45, 7) is 5.22. The van der Waals surface area contributed by atoms with E-state index in [1.54, 1.807) is 6.33 Å². The van der Waals surface area contributed by atoms with Crippen LogP contribution < -0.4 is 5.73 Å². The fourth-order valence-corrected chi connectivity index (χ4v) is 1.40. The van der Waals surface area contributed by atoms with Crippen LogP contribution in [0.3, 0.4) is 0 Å². The number of hydrogen-bond acceptors (Lipinski definition) is 3. The molecule has 1 heterocycles. The normalized spacial score (nSPS) is 13.2. The fourth-order valence-electron chi connectivity index (χ4n) is 1.40. The van der Waals surface area contributed by atoms with Gasteiger partial charge in [0, 0.05) is 6.54 Å². The molecule has 4 nitrogen and oxygen atoms in total. The Balaban J connectivity index is 2.68. The van der Waals surface area contributed by atoms with Gasteiger partial charge < -0.3 is 10.3 Å². The van der Waals surface area contributed by atoms with E-state index in [0.717, 1.165) is 31.6 Å². The molecule has 0 amide bonds. The van der Waals surface area contributed by atoms with Crippen molar-refractivity contribution in [2.24, 2.45) is 5.73 Å². The maximum Gasteiger partial charge on any atom is 0.149 e. The zero-order chi connectivity index (χ0) is 9.68. The van der Waals surface area contributed by atoms with E-state index in [1.807, 2.05) is 4.57 Å². The molecule has 13 heavy (non-hydrogen) atoms. The molecule has 1 aromatic heterocycles. The van der Waals surface area contributed by atoms with Gasteiger partial charge in [0.25, 0.3) is 0 Å². The van der Waals surface area contributed by atoms with Crippen LogP contribution in [0.5, 0.6) is 0 Å². The average molecular weight is 182 g/mol. The van der Waals surface area contributed by atoms with Crippen molar-refractivity contribution in [2.45, 2.75) is 45.7 Å². The maximum atomic E-state index is 5.96. The van der Waals surface area contributed by atoms with Gasteiger partial charge in [-0.2, -0.15) is 0 Å². The summed E-state index contributed by atoms with van der Waals surface area (Å²) < 4.78 is 2.04. The van der Waals surface area contributed by atoms with Crippen molar-refractivity contribution in [3.63, 3.8) is 0 Å². The second-order valence-electron chi connectivity index (χ2n) is 3.28. The first-order valence-electron chi connectivity index (χ1n) is 4.92. The first kappa shape index (κ1) is 10.2. The third-order valence-corrected chi connectivity index (χ3v) is 2.04. The van der Waals surface area contributed by atoms with E-state index in [2.05, 4.69) is 24.0 Å². The van der Waals surface area contributed by atoms with Gasteiger partial charge >= 0.3 is 0 Å². The van der Waals surface area contributed by atoms with Crippen molar-refractivity contribution in [2.75, 3.05) is 0 Å². The van der Waals surface area contributed by atoms with E-state index < -0.39 is 0 Å². The van der Waals surface area contributed by atoms with Crippen molar-refractivity contribution >= 4 is 0 Å². The molecule has 0 radical (unpaired) electrons. The molecule has 0 saturated heterocycles. The molecule has 2 N–H and O–H groups in total. The van der Waals surface area contributed by atoms with Crippen molar-refractivity contribution in [1.29, 1.82) is 0 Å². The van der Waals surface area contributed by atoms with Crippen molar-refractivity contribution in [3.8, 4) is 0 Å². The summed E-state index contributed by atoms with van der Waals surface area (Å²) in [5.41, 5.74) is 5.96. The number of nitrogens with two attached hydrogens (primary N) is 1. The maximum absolute atomic E-state index is 5.96. The molecule has 0 aliphatic rings. The van der Waals surface area contributed by atoms with Gasteiger partial charge in [-0.3, -0.25) is 0 Å². The lowest BCUT2D eigenvalue weighted by Gasteiger charge is -2.10. The minimum atomic E-state index is 0.0408. The highest BCUT2D eigenvalue weighted by Gasteiger charge is 2.11. The molecule has 1 unspecified atom stereocenters. The van der Waals surface area contributed by atoms with Crippen molar-refractivity contribution in [3.05, 3.63) is 12.2 Å². The Morgan fingerprint density at radius 1 is 1.46 bits per heavy atom. The highest BCUT2D eigenvalue weighted by Crippen LogP contribution is 2.12. The van der Waals surface area contributed by atoms with Crippen LogP contribution in [0, 0.1) is 0 Å². The monoisotopic (exact) mass is 182 g/mol. The predicted molar refractivity (Wildman–Crippen MR) is 52.1 cm³/mol. The Morgan fingerprint density at radius 2 is 2.23 bits per heavy atom. The summed E-state index contributed by atoms with van der Waals surface area (Å²) >= 11 is 0. The van der Waals surface area contributed by atoms with Crippen LogP contribution in [-0.2, 0) is 6.54 Å². The smallest absolute Gasteiger partial charge is 0.149 e. The molecule has 0 aromatic carbocycles. The van der Waals surface area contributed by atoms with Crippen LogP contribution in [0.15, 0.2) is 6.33 Å². The van der Waals surface area contributed by atoms with E-state index in [0.29, 0.717) is 0 Å². The molecule has 1 aromatic rings. The van der Waals surface area contributed by atoms with Crippen LogP contribution in [0.1, 0.15) is 45.0 Å². The summed E-state index contributed by atoms with van der Waals surface area (Å²) in [7, 11) is 0. The minimum Gasteiger partial charge on any atom is -0.321 e. The minimum absolute atomic E-state index is 0.0408. The summed E-state index contributed by atoms with van der Waals surface area (Å²) in [6, 6.07) is 0.0408. The van der Waals surface area contributed by atoms with Crippen molar-refractivity contribution in [1.82, 2.24) is 14.8 Å². The highest BCUT2D eigenvalue weighted by atomic mass is 15.3. The molecule has 0 saturated carbocycles. The third-order valence-electron chi connectivity index (χ3n) is 2.04. The first-order valence-corrected chi connectivity index (χ1v) is 4.92. The van der Waals surface area contributed by atoms with Gasteiger partial charge in [0.1, 0.15) is 12.2 Å². The van der Waals surface area contributed by atoms with E-state index in [1.165, 1.54) is 0 Å². The Labute approximate surface area is 79.2 Å². The molecule has 74 valence electrons. The number of aryl methyl sites for hydroxylation is 1. The molecular weight excluding hydrogens is 164 g/mol. The molecule has 1 rings (SSSR count). The third kappa shape index (κ3) is 2.52. The molecule has 0 bridgehead atoms. The molecule has 4 heteroatoms. The second-order valence-corrected chi connectivity index (χ2v) is 3.28. The predicted octanol–water partition coefficient (Wildman–Crippen LogP) is 1.49. The quantitative estimate of drug-likeness (QED) is 0.750. The summed E-state index contributed by atoms with van der Waals surface area (Å²) in [5, 5.41) is 7.92. The highest BCUT2D eigenvalue weighted by molar-refractivity contribution is 4.93. The Bertz CT molecular complexity index is 244. The molecule has 0 aliphatic heterocycles. The Kier molecular flexibility index (Phi) is 3.89. The van der Waals surface area contributed by atoms with Gasteiger partial charge in [-0.05, 0) is 12.8 Å². The van der Waals surface area contributed by atoms with Gasteiger partial charge in [-0.1, -0.05) is 20.3 Å². The second kappa shape index (κ2) is 4.97. The number of hydrogen-bond donors (Lipinski definition) is 1. The van der Waals surface area contributed by atoms with E-state index >= 15 is 0 Å². The van der Waals surface area contributed by atoms with Gasteiger partial charge in [-0.25, -0.2) is 0 Å². The lowest BCUT2D eigenvalue weighted by atomic mass is 10.2. The SMILES string of the molecule is CCCC(N)c1nncn1CCC. The standard InChI is InChI=1S/C9H18N4/c1-3-5-8(10)9-12-11-7-13(9)6-4-2/h7-8H,3-6,10H2,1-2H3. The van der Waals surface area contributed by atoms with Gasteiger partial charge in [0.15, 0.2) is 0 Å². The Morgan fingerprint density at radius 3 is 2.85 bits per heavy atom. The van der Waals surface area contributed by atoms with E-state index in [4.69, 9.17) is 5.73 Å². The summed E-state index contributed by atoms with van der Waals surface area (Å²) in [5.74, 6) is 0.920. The van der Waals surface area contributed by atoms with E-state index in [-0.39, 0.29) is 6.04 Å².